The summed E-state index contributed by atoms with van der Waals surface area (Å²) in [5, 5.41) is 0.926. The van der Waals surface area contributed by atoms with Crippen LogP contribution in [0.5, 0.6) is 0 Å². The van der Waals surface area contributed by atoms with Crippen molar-refractivity contribution in [3.8, 4) is 11.3 Å². The van der Waals surface area contributed by atoms with Gasteiger partial charge in [-0.1, -0.05) is 91.0 Å². The summed E-state index contributed by atoms with van der Waals surface area (Å²) < 4.78 is 1.77. The normalized spacial score (nSPS) is 11.2. The fourth-order valence-corrected chi connectivity index (χ4v) is 4.42. The molecule has 0 atom stereocenters. The molecule has 0 radical (unpaired) electrons. The minimum Gasteiger partial charge on any atom is -0.294 e. The number of aromatic nitrogens is 1. The minimum atomic E-state index is -0.0930. The SMILES string of the molecule is Cc1ccc2c(cc(-c3ccccc3)n2C(=O)c2ccccc2)c1CC(=O)/C=C/c1ccccc1. The Kier molecular flexibility index (Phi) is 6.23. The third-order valence-electron chi connectivity index (χ3n) is 6.24. The van der Waals surface area contributed by atoms with Crippen LogP contribution in [0.4, 0.5) is 0 Å². The number of hydrogen-bond acceptors (Lipinski definition) is 2. The summed E-state index contributed by atoms with van der Waals surface area (Å²) in [5.41, 5.74) is 6.15. The first-order valence-corrected chi connectivity index (χ1v) is 11.7. The van der Waals surface area contributed by atoms with E-state index >= 15 is 0 Å². The highest BCUT2D eigenvalue weighted by Crippen LogP contribution is 2.33. The third-order valence-corrected chi connectivity index (χ3v) is 6.24. The second-order valence-electron chi connectivity index (χ2n) is 8.58. The monoisotopic (exact) mass is 455 g/mol. The lowest BCUT2D eigenvalue weighted by Crippen LogP contribution is -2.13. The van der Waals surface area contributed by atoms with Gasteiger partial charge in [0.2, 0.25) is 0 Å². The smallest absolute Gasteiger partial charge is 0.262 e. The molecular formula is C32H25NO2. The zero-order valence-corrected chi connectivity index (χ0v) is 19.5. The fourth-order valence-electron chi connectivity index (χ4n) is 4.42. The van der Waals surface area contributed by atoms with Crippen LogP contribution in [0, 0.1) is 6.92 Å². The standard InChI is InChI=1S/C32H25NO2/c1-23-17-20-30-29(28(23)21-27(34)19-18-24-11-5-2-6-12-24)22-31(25-13-7-3-8-14-25)33(30)32(35)26-15-9-4-10-16-26/h2-20,22H,21H2,1H3/b19-18+. The predicted octanol–water partition coefficient (Wildman–Crippen LogP) is 7.13. The van der Waals surface area contributed by atoms with Gasteiger partial charge in [-0.15, -0.1) is 0 Å². The van der Waals surface area contributed by atoms with Gasteiger partial charge in [0, 0.05) is 17.4 Å². The summed E-state index contributed by atoms with van der Waals surface area (Å²) in [7, 11) is 0. The van der Waals surface area contributed by atoms with Crippen LogP contribution in [-0.2, 0) is 11.2 Å². The Morgan fingerprint density at radius 2 is 1.40 bits per heavy atom. The van der Waals surface area contributed by atoms with Crippen molar-refractivity contribution in [2.24, 2.45) is 0 Å². The second-order valence-corrected chi connectivity index (χ2v) is 8.58. The Hall–Kier alpha value is -4.50. The highest BCUT2D eigenvalue weighted by molar-refractivity contribution is 6.07. The summed E-state index contributed by atoms with van der Waals surface area (Å²) in [5.74, 6) is -0.0718. The molecule has 3 heteroatoms. The number of nitrogens with zero attached hydrogens (tertiary/aromatic N) is 1. The van der Waals surface area contributed by atoms with Gasteiger partial charge in [0.05, 0.1) is 11.2 Å². The summed E-state index contributed by atoms with van der Waals surface area (Å²) in [6.45, 7) is 2.02. The molecule has 3 nitrogen and oxygen atoms in total. The summed E-state index contributed by atoms with van der Waals surface area (Å²) in [4.78, 5) is 26.6. The average molecular weight is 456 g/mol. The highest BCUT2D eigenvalue weighted by Gasteiger charge is 2.21. The van der Waals surface area contributed by atoms with E-state index < -0.39 is 0 Å². The molecule has 1 aromatic heterocycles. The fraction of sp³-hybridized carbons (Fsp3) is 0.0625. The molecule has 0 aliphatic heterocycles. The number of ketones is 1. The molecule has 0 saturated carbocycles. The van der Waals surface area contributed by atoms with Gasteiger partial charge in [-0.25, -0.2) is 0 Å². The van der Waals surface area contributed by atoms with Gasteiger partial charge in [0.15, 0.2) is 5.78 Å². The number of carbonyl (C=O) groups excluding carboxylic acids is 2. The first-order valence-electron chi connectivity index (χ1n) is 11.7. The van der Waals surface area contributed by atoms with Crippen LogP contribution in [0.3, 0.4) is 0 Å². The van der Waals surface area contributed by atoms with E-state index in [1.54, 1.807) is 10.6 Å². The Morgan fingerprint density at radius 1 is 0.771 bits per heavy atom. The molecule has 0 amide bonds. The predicted molar refractivity (Wildman–Crippen MR) is 142 cm³/mol. The van der Waals surface area contributed by atoms with Crippen molar-refractivity contribution in [1.29, 1.82) is 0 Å². The first-order chi connectivity index (χ1) is 17.1. The molecule has 1 heterocycles. The van der Waals surface area contributed by atoms with Crippen molar-refractivity contribution in [3.05, 3.63) is 138 Å². The van der Waals surface area contributed by atoms with E-state index in [9.17, 15) is 9.59 Å². The molecule has 0 fully saturated rings. The van der Waals surface area contributed by atoms with Gasteiger partial charge in [0.25, 0.3) is 5.91 Å². The topological polar surface area (TPSA) is 39.1 Å². The molecule has 5 rings (SSSR count). The molecule has 0 aliphatic carbocycles. The number of benzene rings is 4. The molecular weight excluding hydrogens is 430 g/mol. The number of rotatable bonds is 6. The van der Waals surface area contributed by atoms with Crippen LogP contribution in [0.15, 0.2) is 115 Å². The second kappa shape index (κ2) is 9.78. The van der Waals surface area contributed by atoms with Crippen molar-refractivity contribution in [3.63, 3.8) is 0 Å². The van der Waals surface area contributed by atoms with Crippen LogP contribution in [0.1, 0.15) is 27.0 Å². The first kappa shape index (κ1) is 22.3. The van der Waals surface area contributed by atoms with E-state index in [-0.39, 0.29) is 18.1 Å². The van der Waals surface area contributed by atoms with E-state index in [0.717, 1.165) is 38.9 Å². The van der Waals surface area contributed by atoms with E-state index in [1.165, 1.54) is 0 Å². The Bertz CT molecular complexity index is 1530. The Morgan fingerprint density at radius 3 is 2.09 bits per heavy atom. The number of aryl methyl sites for hydroxylation is 1. The molecule has 0 N–H and O–H groups in total. The lowest BCUT2D eigenvalue weighted by Gasteiger charge is -2.11. The zero-order valence-electron chi connectivity index (χ0n) is 19.5. The van der Waals surface area contributed by atoms with Crippen molar-refractivity contribution < 1.29 is 9.59 Å². The van der Waals surface area contributed by atoms with Gasteiger partial charge < -0.3 is 0 Å². The van der Waals surface area contributed by atoms with Crippen LogP contribution >= 0.6 is 0 Å². The van der Waals surface area contributed by atoms with E-state index in [4.69, 9.17) is 0 Å². The molecule has 4 aromatic carbocycles. The summed E-state index contributed by atoms with van der Waals surface area (Å²) >= 11 is 0. The molecule has 0 spiro atoms. The maximum absolute atomic E-state index is 13.7. The maximum Gasteiger partial charge on any atom is 0.262 e. The minimum absolute atomic E-state index is 0.0212. The van der Waals surface area contributed by atoms with E-state index in [2.05, 4.69) is 0 Å². The van der Waals surface area contributed by atoms with Gasteiger partial charge >= 0.3 is 0 Å². The lowest BCUT2D eigenvalue weighted by molar-refractivity contribution is -0.113. The number of carbonyl (C=O) groups is 2. The Labute approximate surface area is 205 Å². The van der Waals surface area contributed by atoms with Crippen molar-refractivity contribution in [1.82, 2.24) is 4.57 Å². The quantitative estimate of drug-likeness (QED) is 0.256. The molecule has 0 saturated heterocycles. The zero-order chi connectivity index (χ0) is 24.2. The van der Waals surface area contributed by atoms with Crippen LogP contribution in [0.2, 0.25) is 0 Å². The molecule has 170 valence electrons. The van der Waals surface area contributed by atoms with Gasteiger partial charge in [-0.2, -0.15) is 0 Å². The van der Waals surface area contributed by atoms with Gasteiger partial charge in [-0.3, -0.25) is 14.2 Å². The number of hydrogen-bond donors (Lipinski definition) is 0. The Balaban J connectivity index is 1.62. The molecule has 0 unspecified atom stereocenters. The number of fused-ring (bicyclic) bond motifs is 1. The van der Waals surface area contributed by atoms with E-state index in [1.807, 2.05) is 122 Å². The third kappa shape index (κ3) is 4.62. The molecule has 0 bridgehead atoms. The van der Waals surface area contributed by atoms with Crippen LogP contribution < -0.4 is 0 Å². The van der Waals surface area contributed by atoms with Crippen LogP contribution in [-0.4, -0.2) is 16.3 Å². The average Bonchev–Trinajstić information content (AvgIpc) is 3.30. The maximum atomic E-state index is 13.7. The van der Waals surface area contributed by atoms with Crippen molar-refractivity contribution in [2.75, 3.05) is 0 Å². The van der Waals surface area contributed by atoms with Crippen molar-refractivity contribution >= 4 is 28.7 Å². The summed E-state index contributed by atoms with van der Waals surface area (Å²) in [6, 6.07) is 35.0. The van der Waals surface area contributed by atoms with Crippen LogP contribution in [0.25, 0.3) is 28.2 Å². The molecule has 35 heavy (non-hydrogen) atoms. The largest absolute Gasteiger partial charge is 0.294 e. The summed E-state index contributed by atoms with van der Waals surface area (Å²) in [6.07, 6.45) is 3.75. The lowest BCUT2D eigenvalue weighted by atomic mass is 9.98. The van der Waals surface area contributed by atoms with Crippen molar-refractivity contribution in [2.45, 2.75) is 13.3 Å². The number of allylic oxidation sites excluding steroid dienone is 1. The highest BCUT2D eigenvalue weighted by atomic mass is 16.2. The van der Waals surface area contributed by atoms with Gasteiger partial charge in [0.1, 0.15) is 0 Å². The van der Waals surface area contributed by atoms with Gasteiger partial charge in [-0.05, 0) is 59.5 Å². The van der Waals surface area contributed by atoms with E-state index in [0.29, 0.717) is 5.56 Å². The molecule has 5 aromatic rings. The molecule has 0 aliphatic rings.